The molecule has 0 saturated carbocycles. The van der Waals surface area contributed by atoms with E-state index in [9.17, 15) is 13.2 Å². The molecule has 0 bridgehead atoms. The van der Waals surface area contributed by atoms with Crippen LogP contribution in [0.1, 0.15) is 22.5 Å². The minimum atomic E-state index is -3.99. The largest absolute Gasteiger partial charge is 0.493 e. The highest BCUT2D eigenvalue weighted by Gasteiger charge is 2.33. The van der Waals surface area contributed by atoms with Crippen LogP contribution in [0.25, 0.3) is 6.08 Å². The molecule has 1 amide bonds. The Kier molecular flexibility index (Phi) is 8.13. The zero-order chi connectivity index (χ0) is 30.7. The summed E-state index contributed by atoms with van der Waals surface area (Å²) in [6.07, 6.45) is 1.63. The van der Waals surface area contributed by atoms with Crippen LogP contribution in [-0.2, 0) is 14.8 Å². The van der Waals surface area contributed by atoms with E-state index in [1.807, 2.05) is 30.3 Å². The van der Waals surface area contributed by atoms with E-state index in [2.05, 4.69) is 19.7 Å². The number of anilines is 2. The maximum absolute atomic E-state index is 13.8. The van der Waals surface area contributed by atoms with Crippen molar-refractivity contribution in [3.63, 3.8) is 0 Å². The number of methoxy groups -OCH3 is 3. The molecule has 0 unspecified atom stereocenters. The van der Waals surface area contributed by atoms with Crippen molar-refractivity contribution < 1.29 is 27.4 Å². The zero-order valence-corrected chi connectivity index (χ0v) is 25.0. The van der Waals surface area contributed by atoms with Crippen LogP contribution in [0.5, 0.6) is 17.2 Å². The second-order valence-corrected chi connectivity index (χ2v) is 11.2. The third kappa shape index (κ3) is 6.04. The van der Waals surface area contributed by atoms with Gasteiger partial charge in [-0.1, -0.05) is 30.3 Å². The summed E-state index contributed by atoms with van der Waals surface area (Å²) in [7, 11) is 0.541. The van der Waals surface area contributed by atoms with Crippen molar-refractivity contribution in [3.8, 4) is 17.2 Å². The van der Waals surface area contributed by atoms with Gasteiger partial charge in [0.05, 0.1) is 31.9 Å². The number of hydrogen-bond donors (Lipinski definition) is 1. The number of aromatic nitrogens is 2. The molecule has 0 spiro atoms. The second-order valence-electron chi connectivity index (χ2n) is 9.50. The van der Waals surface area contributed by atoms with Crippen LogP contribution in [0.4, 0.5) is 11.6 Å². The highest BCUT2D eigenvalue weighted by molar-refractivity contribution is 7.92. The fourth-order valence-electron chi connectivity index (χ4n) is 4.60. The van der Waals surface area contributed by atoms with Gasteiger partial charge < -0.3 is 14.2 Å². The number of aliphatic imine (C=N–C) groups is 1. The maximum Gasteiger partial charge on any atom is 0.282 e. The number of nitrogens with one attached hydrogen (secondary N) is 1. The van der Waals surface area contributed by atoms with Crippen molar-refractivity contribution in [1.82, 2.24) is 9.97 Å². The van der Waals surface area contributed by atoms with Gasteiger partial charge in [-0.2, -0.15) is 0 Å². The first-order valence-electron chi connectivity index (χ1n) is 13.1. The lowest BCUT2D eigenvalue weighted by Gasteiger charge is -2.19. The molecule has 43 heavy (non-hydrogen) atoms. The van der Waals surface area contributed by atoms with Crippen LogP contribution in [0.3, 0.4) is 0 Å². The molecule has 3 aromatic carbocycles. The Morgan fingerprint density at radius 3 is 1.98 bits per heavy atom. The van der Waals surface area contributed by atoms with E-state index in [1.165, 1.54) is 38.4 Å². The summed E-state index contributed by atoms with van der Waals surface area (Å²) >= 11 is 0. The number of carbonyl (C=O) groups is 1. The fraction of sp³-hybridized carbons (Fsp3) is 0.161. The van der Waals surface area contributed by atoms with Gasteiger partial charge in [-0.05, 0) is 68.0 Å². The number of ether oxygens (including phenoxy) is 3. The van der Waals surface area contributed by atoms with Gasteiger partial charge in [0.25, 0.3) is 15.9 Å². The molecule has 1 N–H and O–H groups in total. The van der Waals surface area contributed by atoms with E-state index in [0.29, 0.717) is 51.3 Å². The molecular weight excluding hydrogens is 570 g/mol. The molecule has 0 saturated heterocycles. The molecule has 220 valence electrons. The van der Waals surface area contributed by atoms with E-state index in [4.69, 9.17) is 14.2 Å². The molecule has 1 aliphatic heterocycles. The summed E-state index contributed by atoms with van der Waals surface area (Å²) < 4.78 is 44.9. The number of hydrogen-bond acceptors (Lipinski definition) is 9. The summed E-state index contributed by atoms with van der Waals surface area (Å²) in [5.41, 5.74) is 3.18. The minimum absolute atomic E-state index is 0.0166. The molecular formula is C31H29N5O6S. The van der Waals surface area contributed by atoms with Gasteiger partial charge in [0.2, 0.25) is 11.7 Å². The van der Waals surface area contributed by atoms with Crippen molar-refractivity contribution in [2.24, 2.45) is 4.99 Å². The maximum atomic E-state index is 13.8. The van der Waals surface area contributed by atoms with Gasteiger partial charge in [0.1, 0.15) is 11.5 Å². The monoisotopic (exact) mass is 599 g/mol. The number of benzene rings is 3. The SMILES string of the molecule is COc1cc(/C=C2/N=C(c3ccccc3)N(c3ccc(S(=O)(=O)Nc4nc(C)cc(C)n4)cc3)C2=O)cc(OC)c1OC. The average Bonchev–Trinajstić information content (AvgIpc) is 3.31. The first-order valence-corrected chi connectivity index (χ1v) is 14.6. The summed E-state index contributed by atoms with van der Waals surface area (Å²) in [5.74, 6) is 1.26. The van der Waals surface area contributed by atoms with Gasteiger partial charge in [-0.25, -0.2) is 28.1 Å². The van der Waals surface area contributed by atoms with Crippen LogP contribution in [0, 0.1) is 13.8 Å². The Balaban J connectivity index is 1.51. The molecule has 0 aliphatic carbocycles. The number of rotatable bonds is 9. The van der Waals surface area contributed by atoms with Crippen molar-refractivity contribution in [2.45, 2.75) is 18.7 Å². The van der Waals surface area contributed by atoms with Gasteiger partial charge in [0, 0.05) is 17.0 Å². The van der Waals surface area contributed by atoms with E-state index in [0.717, 1.165) is 0 Å². The van der Waals surface area contributed by atoms with E-state index in [-0.39, 0.29) is 16.5 Å². The molecule has 0 radical (unpaired) electrons. The van der Waals surface area contributed by atoms with E-state index in [1.54, 1.807) is 50.3 Å². The molecule has 12 heteroatoms. The van der Waals surface area contributed by atoms with Gasteiger partial charge in [-0.15, -0.1) is 0 Å². The van der Waals surface area contributed by atoms with Crippen molar-refractivity contribution >= 4 is 39.5 Å². The van der Waals surface area contributed by atoms with Crippen molar-refractivity contribution in [2.75, 3.05) is 31.0 Å². The van der Waals surface area contributed by atoms with Crippen molar-refractivity contribution in [3.05, 3.63) is 101 Å². The van der Waals surface area contributed by atoms with Crippen LogP contribution in [-0.4, -0.2) is 51.5 Å². The van der Waals surface area contributed by atoms with Crippen molar-refractivity contribution in [1.29, 1.82) is 0 Å². The van der Waals surface area contributed by atoms with Gasteiger partial charge >= 0.3 is 0 Å². The highest BCUT2D eigenvalue weighted by Crippen LogP contribution is 2.39. The normalized spacial score (nSPS) is 14.1. The molecule has 11 nitrogen and oxygen atoms in total. The first-order chi connectivity index (χ1) is 20.6. The van der Waals surface area contributed by atoms with Gasteiger partial charge in [0.15, 0.2) is 11.5 Å². The lowest BCUT2D eigenvalue weighted by Crippen LogP contribution is -2.32. The highest BCUT2D eigenvalue weighted by atomic mass is 32.2. The number of nitrogens with zero attached hydrogens (tertiary/aromatic N) is 4. The third-order valence-electron chi connectivity index (χ3n) is 6.50. The first kappa shape index (κ1) is 29.3. The molecule has 0 fully saturated rings. The molecule has 5 rings (SSSR count). The molecule has 1 aromatic heterocycles. The van der Waals surface area contributed by atoms with Crippen LogP contribution >= 0.6 is 0 Å². The standard InChI is InChI=1S/C31H29N5O6S/c1-19-15-20(2)33-31(32-19)35-43(38,39)24-13-11-23(12-14-24)36-29(22-9-7-6-8-10-22)34-25(30(36)37)16-21-17-26(40-3)28(42-5)27(18-21)41-4/h6-18H,1-5H3,(H,32,33,35)/b25-16+. The Morgan fingerprint density at radius 2 is 1.42 bits per heavy atom. The predicted molar refractivity (Wildman–Crippen MR) is 163 cm³/mol. The van der Waals surface area contributed by atoms with Crippen LogP contribution in [0.15, 0.2) is 88.4 Å². The van der Waals surface area contributed by atoms with Gasteiger partial charge in [-0.3, -0.25) is 9.69 Å². The number of carbonyl (C=O) groups excluding carboxylic acids is 1. The Bertz CT molecular complexity index is 1810. The molecule has 2 heterocycles. The minimum Gasteiger partial charge on any atom is -0.493 e. The molecule has 0 atom stereocenters. The average molecular weight is 600 g/mol. The number of aryl methyl sites for hydroxylation is 2. The van der Waals surface area contributed by atoms with E-state index < -0.39 is 15.9 Å². The Labute approximate surface area is 249 Å². The Morgan fingerprint density at radius 1 is 0.814 bits per heavy atom. The smallest absolute Gasteiger partial charge is 0.282 e. The van der Waals surface area contributed by atoms with E-state index >= 15 is 0 Å². The second kappa shape index (κ2) is 11.9. The zero-order valence-electron chi connectivity index (χ0n) is 24.2. The quantitative estimate of drug-likeness (QED) is 0.273. The topological polar surface area (TPSA) is 132 Å². The van der Waals surface area contributed by atoms with Crippen LogP contribution in [0.2, 0.25) is 0 Å². The molecule has 4 aromatic rings. The fourth-order valence-corrected chi connectivity index (χ4v) is 5.55. The number of amidine groups is 1. The summed E-state index contributed by atoms with van der Waals surface area (Å²) in [6, 6.07) is 20.3. The Hall–Kier alpha value is -5.23. The number of sulfonamides is 1. The number of amides is 1. The van der Waals surface area contributed by atoms with Crippen LogP contribution < -0.4 is 23.8 Å². The summed E-state index contributed by atoms with van der Waals surface area (Å²) in [5, 5.41) is 0. The lowest BCUT2D eigenvalue weighted by molar-refractivity contribution is -0.113. The lowest BCUT2D eigenvalue weighted by atomic mass is 10.1. The third-order valence-corrected chi connectivity index (χ3v) is 7.84. The summed E-state index contributed by atoms with van der Waals surface area (Å²) in [4.78, 5) is 28.2. The summed E-state index contributed by atoms with van der Waals surface area (Å²) in [6.45, 7) is 3.51. The molecule has 1 aliphatic rings. The predicted octanol–water partition coefficient (Wildman–Crippen LogP) is 4.75.